The van der Waals surface area contributed by atoms with Crippen LogP contribution < -0.4 is 16.0 Å². The highest BCUT2D eigenvalue weighted by atomic mass is 16.1. The Morgan fingerprint density at radius 1 is 0.488 bits per heavy atom. The normalized spacial score (nSPS) is 11.3. The number of rotatable bonds is 9. The van der Waals surface area contributed by atoms with Gasteiger partial charge in [0.2, 0.25) is 0 Å². The van der Waals surface area contributed by atoms with Gasteiger partial charge >= 0.3 is 0 Å². The molecule has 0 bridgehead atoms. The van der Waals surface area contributed by atoms with Crippen LogP contribution in [-0.4, -0.2) is 17.3 Å². The van der Waals surface area contributed by atoms with Crippen molar-refractivity contribution in [2.24, 2.45) is 0 Å². The monoisotopic (exact) mass is 581 g/mol. The number of carbonyl (C=O) groups excluding carboxylic acids is 3. The molecule has 3 aromatic rings. The Bertz CT molecular complexity index is 1440. The van der Waals surface area contributed by atoms with Crippen LogP contribution in [0.15, 0.2) is 102 Å². The minimum absolute atomic E-state index is 0.0564. The lowest BCUT2D eigenvalue weighted by molar-refractivity contribution is -0.113. The third kappa shape index (κ3) is 16.4. The Morgan fingerprint density at radius 3 is 1.26 bits per heavy atom. The molecule has 6 nitrogen and oxygen atoms in total. The number of ketones is 3. The smallest absolute Gasteiger partial charge is 0.154 e. The Balaban J connectivity index is 0.000000324. The average Bonchev–Trinajstić information content (AvgIpc) is 2.87. The number of benzene rings is 3. The molecule has 0 fully saturated rings. The van der Waals surface area contributed by atoms with Gasteiger partial charge in [0.05, 0.1) is 0 Å². The van der Waals surface area contributed by atoms with Crippen LogP contribution in [0.5, 0.6) is 0 Å². The van der Waals surface area contributed by atoms with E-state index >= 15 is 0 Å². The van der Waals surface area contributed by atoms with Crippen LogP contribution >= 0.6 is 0 Å². The van der Waals surface area contributed by atoms with Crippen LogP contribution in [0, 0.1) is 27.7 Å². The maximum atomic E-state index is 11.0. The fourth-order valence-corrected chi connectivity index (χ4v) is 4.21. The molecule has 3 rings (SSSR count). The zero-order valence-electron chi connectivity index (χ0n) is 27.3. The summed E-state index contributed by atoms with van der Waals surface area (Å²) in [6.45, 7) is 18.6. The van der Waals surface area contributed by atoms with Crippen molar-refractivity contribution in [1.82, 2.24) is 0 Å². The lowest BCUT2D eigenvalue weighted by atomic mass is 10.0. The van der Waals surface area contributed by atoms with E-state index in [4.69, 9.17) is 0 Å². The van der Waals surface area contributed by atoms with E-state index in [0.717, 1.165) is 34.2 Å². The summed E-state index contributed by atoms with van der Waals surface area (Å²) in [5.41, 5.74) is 10.6. The number of nitrogens with one attached hydrogen (secondary N) is 3. The van der Waals surface area contributed by atoms with Crippen LogP contribution in [0.1, 0.15) is 63.8 Å². The standard InChI is InChI=1S/C14H19NO.C12H15NO.C11H13NO/c1-9-6-10(2)14(11(3)7-9)15-12(4)8-13(5)16;1-9-4-6-12(7-5-9)13-10(2)8-11(3)14;1-9(8-10(2)13)12-11-6-4-3-5-7-11/h6-8,15H,1-5H3;4-8,13H,1-3H3;3-8,12H,1-2H3/b12-8-;10-8-;9-8-. The highest BCUT2D eigenvalue weighted by molar-refractivity contribution is 5.89. The highest BCUT2D eigenvalue weighted by Gasteiger charge is 2.04. The first-order valence-electron chi connectivity index (χ1n) is 14.2. The van der Waals surface area contributed by atoms with Crippen LogP contribution in [0.25, 0.3) is 0 Å². The summed E-state index contributed by atoms with van der Waals surface area (Å²) in [6.07, 6.45) is 4.77. The van der Waals surface area contributed by atoms with Gasteiger partial charge in [-0.3, -0.25) is 14.4 Å². The summed E-state index contributed by atoms with van der Waals surface area (Å²) in [4.78, 5) is 32.5. The first kappa shape index (κ1) is 36.3. The number of carbonyl (C=O) groups is 3. The number of aryl methyl sites for hydroxylation is 4. The Kier molecular flexibility index (Phi) is 15.8. The summed E-state index contributed by atoms with van der Waals surface area (Å²) >= 11 is 0. The molecule has 0 heterocycles. The molecule has 0 aromatic heterocycles. The van der Waals surface area contributed by atoms with Crippen LogP contribution in [0.4, 0.5) is 17.1 Å². The van der Waals surface area contributed by atoms with E-state index in [2.05, 4.69) is 48.9 Å². The van der Waals surface area contributed by atoms with Gasteiger partial charge in [0.15, 0.2) is 17.3 Å². The maximum absolute atomic E-state index is 11.0. The number of hydrogen-bond donors (Lipinski definition) is 3. The second kappa shape index (κ2) is 18.7. The second-order valence-electron chi connectivity index (χ2n) is 10.7. The van der Waals surface area contributed by atoms with Crippen LogP contribution in [0.2, 0.25) is 0 Å². The predicted octanol–water partition coefficient (Wildman–Crippen LogP) is 9.01. The van der Waals surface area contributed by atoms with E-state index in [1.807, 2.05) is 82.3 Å². The molecule has 0 atom stereocenters. The fraction of sp³-hybridized carbons (Fsp3) is 0.270. The molecule has 6 heteroatoms. The molecular formula is C37H47N3O3. The fourth-order valence-electron chi connectivity index (χ4n) is 4.21. The lowest BCUT2D eigenvalue weighted by Gasteiger charge is -2.13. The quantitative estimate of drug-likeness (QED) is 0.219. The molecule has 0 aliphatic rings. The molecule has 3 N–H and O–H groups in total. The molecule has 3 aromatic carbocycles. The highest BCUT2D eigenvalue weighted by Crippen LogP contribution is 2.23. The van der Waals surface area contributed by atoms with Crippen molar-refractivity contribution in [3.05, 3.63) is 124 Å². The zero-order valence-corrected chi connectivity index (χ0v) is 27.3. The molecule has 0 saturated heterocycles. The maximum Gasteiger partial charge on any atom is 0.154 e. The minimum atomic E-state index is 0.0564. The van der Waals surface area contributed by atoms with Gasteiger partial charge in [0, 0.05) is 34.2 Å². The summed E-state index contributed by atoms with van der Waals surface area (Å²) in [5, 5.41) is 9.53. The molecular weight excluding hydrogens is 534 g/mol. The van der Waals surface area contributed by atoms with Crippen molar-refractivity contribution in [3.8, 4) is 0 Å². The van der Waals surface area contributed by atoms with Gasteiger partial charge in [-0.05, 0) is 123 Å². The van der Waals surface area contributed by atoms with Crippen LogP contribution in [0.3, 0.4) is 0 Å². The topological polar surface area (TPSA) is 87.3 Å². The van der Waals surface area contributed by atoms with Crippen molar-refractivity contribution in [1.29, 1.82) is 0 Å². The van der Waals surface area contributed by atoms with E-state index in [-0.39, 0.29) is 17.3 Å². The first-order chi connectivity index (χ1) is 20.2. The number of para-hydroxylation sites is 1. The van der Waals surface area contributed by atoms with Crippen molar-refractivity contribution >= 4 is 34.4 Å². The Labute approximate surface area is 258 Å². The minimum Gasteiger partial charge on any atom is -0.359 e. The van der Waals surface area contributed by atoms with Gasteiger partial charge in [-0.1, -0.05) is 53.6 Å². The summed E-state index contributed by atoms with van der Waals surface area (Å²) in [7, 11) is 0. The van der Waals surface area contributed by atoms with Crippen molar-refractivity contribution in [3.63, 3.8) is 0 Å². The van der Waals surface area contributed by atoms with E-state index in [9.17, 15) is 14.4 Å². The molecule has 0 radical (unpaired) electrons. The van der Waals surface area contributed by atoms with Crippen molar-refractivity contribution in [2.45, 2.75) is 69.2 Å². The van der Waals surface area contributed by atoms with E-state index in [1.165, 1.54) is 29.2 Å². The molecule has 0 aliphatic heterocycles. The molecule has 43 heavy (non-hydrogen) atoms. The van der Waals surface area contributed by atoms with E-state index in [0.29, 0.717) is 0 Å². The molecule has 0 amide bonds. The summed E-state index contributed by atoms with van der Waals surface area (Å²) < 4.78 is 0. The Hall–Kier alpha value is -4.71. The summed E-state index contributed by atoms with van der Waals surface area (Å²) in [5.74, 6) is 0.176. The van der Waals surface area contributed by atoms with Gasteiger partial charge in [-0.25, -0.2) is 0 Å². The van der Waals surface area contributed by atoms with Crippen molar-refractivity contribution in [2.75, 3.05) is 16.0 Å². The molecule has 0 spiro atoms. The average molecular weight is 582 g/mol. The van der Waals surface area contributed by atoms with E-state index < -0.39 is 0 Å². The zero-order chi connectivity index (χ0) is 32.5. The van der Waals surface area contributed by atoms with Gasteiger partial charge in [-0.2, -0.15) is 0 Å². The van der Waals surface area contributed by atoms with Gasteiger partial charge in [0.1, 0.15) is 0 Å². The van der Waals surface area contributed by atoms with Gasteiger partial charge < -0.3 is 16.0 Å². The number of hydrogen-bond acceptors (Lipinski definition) is 6. The number of anilines is 3. The molecule has 0 unspecified atom stereocenters. The third-order valence-electron chi connectivity index (χ3n) is 5.77. The second-order valence-corrected chi connectivity index (χ2v) is 10.7. The SMILES string of the molecule is CC(=O)/C=C(/C)Nc1c(C)cc(C)cc1C.CC(=O)/C=C(/C)Nc1ccc(C)cc1.CC(=O)/C=C(/C)Nc1ccccc1. The molecule has 0 aliphatic carbocycles. The predicted molar refractivity (Wildman–Crippen MR) is 182 cm³/mol. The first-order valence-corrected chi connectivity index (χ1v) is 14.2. The van der Waals surface area contributed by atoms with Crippen LogP contribution in [-0.2, 0) is 14.4 Å². The van der Waals surface area contributed by atoms with Gasteiger partial charge in [0.25, 0.3) is 0 Å². The largest absolute Gasteiger partial charge is 0.359 e. The molecule has 228 valence electrons. The molecule has 0 saturated carbocycles. The lowest BCUT2D eigenvalue weighted by Crippen LogP contribution is -2.02. The van der Waals surface area contributed by atoms with Gasteiger partial charge in [-0.15, -0.1) is 0 Å². The van der Waals surface area contributed by atoms with E-state index in [1.54, 1.807) is 32.1 Å². The summed E-state index contributed by atoms with van der Waals surface area (Å²) in [6, 6.07) is 22.1. The van der Waals surface area contributed by atoms with Crippen molar-refractivity contribution < 1.29 is 14.4 Å². The third-order valence-corrected chi connectivity index (χ3v) is 5.77. The Morgan fingerprint density at radius 2 is 0.860 bits per heavy atom. The number of allylic oxidation sites excluding steroid dienone is 6.